The molecule has 8 heteroatoms. The van der Waals surface area contributed by atoms with Crippen LogP contribution in [-0.2, 0) is 0 Å². The van der Waals surface area contributed by atoms with Crippen molar-refractivity contribution in [3.63, 3.8) is 0 Å². The molecule has 4 aromatic rings. The van der Waals surface area contributed by atoms with Crippen LogP contribution in [0.2, 0.25) is 0 Å². The SMILES string of the molecule is O=C(O)c1ccc(-c2c(C(=O)O)cc(C(=O)O)cc2-c2ccccc2-c2ccccc2)c(C(=O)O)c1. The highest BCUT2D eigenvalue weighted by Crippen LogP contribution is 2.42. The summed E-state index contributed by atoms with van der Waals surface area (Å²) in [6.45, 7) is 0. The summed E-state index contributed by atoms with van der Waals surface area (Å²) in [4.78, 5) is 47.8. The van der Waals surface area contributed by atoms with Gasteiger partial charge in [-0.25, -0.2) is 19.2 Å². The van der Waals surface area contributed by atoms with Crippen molar-refractivity contribution in [3.05, 3.63) is 107 Å². The van der Waals surface area contributed by atoms with E-state index in [-0.39, 0.29) is 27.8 Å². The third kappa shape index (κ3) is 4.43. The van der Waals surface area contributed by atoms with E-state index in [1.807, 2.05) is 30.3 Å². The van der Waals surface area contributed by atoms with Crippen LogP contribution in [0, 0.1) is 0 Å². The average Bonchev–Trinajstić information content (AvgIpc) is 2.87. The minimum Gasteiger partial charge on any atom is -0.478 e. The van der Waals surface area contributed by atoms with E-state index in [9.17, 15) is 39.6 Å². The Kier molecular flexibility index (Phi) is 6.34. The van der Waals surface area contributed by atoms with Gasteiger partial charge >= 0.3 is 23.9 Å². The molecule has 0 radical (unpaired) electrons. The van der Waals surface area contributed by atoms with E-state index in [1.165, 1.54) is 18.2 Å². The van der Waals surface area contributed by atoms with Crippen molar-refractivity contribution in [1.82, 2.24) is 0 Å². The van der Waals surface area contributed by atoms with Crippen LogP contribution >= 0.6 is 0 Å². The number of carboxylic acids is 4. The van der Waals surface area contributed by atoms with Crippen LogP contribution in [0.3, 0.4) is 0 Å². The Morgan fingerprint density at radius 1 is 0.444 bits per heavy atom. The summed E-state index contributed by atoms with van der Waals surface area (Å²) in [7, 11) is 0. The fourth-order valence-corrected chi connectivity index (χ4v) is 4.10. The maximum Gasteiger partial charge on any atom is 0.336 e. The molecule has 8 nitrogen and oxygen atoms in total. The number of rotatable bonds is 7. The predicted molar refractivity (Wildman–Crippen MR) is 131 cm³/mol. The van der Waals surface area contributed by atoms with Crippen molar-refractivity contribution >= 4 is 23.9 Å². The van der Waals surface area contributed by atoms with Crippen molar-refractivity contribution in [2.75, 3.05) is 0 Å². The Morgan fingerprint density at radius 3 is 1.58 bits per heavy atom. The number of benzene rings is 4. The van der Waals surface area contributed by atoms with Gasteiger partial charge in [0.2, 0.25) is 0 Å². The molecule has 0 aromatic heterocycles. The van der Waals surface area contributed by atoms with E-state index in [2.05, 4.69) is 0 Å². The molecule has 4 aromatic carbocycles. The molecule has 0 spiro atoms. The van der Waals surface area contributed by atoms with Gasteiger partial charge in [0.25, 0.3) is 0 Å². The largest absolute Gasteiger partial charge is 0.478 e. The van der Waals surface area contributed by atoms with E-state index >= 15 is 0 Å². The van der Waals surface area contributed by atoms with Gasteiger partial charge in [0.1, 0.15) is 0 Å². The molecule has 0 aliphatic carbocycles. The molecule has 36 heavy (non-hydrogen) atoms. The van der Waals surface area contributed by atoms with Gasteiger partial charge in [-0.3, -0.25) is 0 Å². The predicted octanol–water partition coefficient (Wildman–Crippen LogP) is 5.48. The molecular formula is C28H18O8. The van der Waals surface area contributed by atoms with Gasteiger partial charge in [0.15, 0.2) is 0 Å². The van der Waals surface area contributed by atoms with Crippen molar-refractivity contribution in [3.8, 4) is 33.4 Å². The zero-order valence-corrected chi connectivity index (χ0v) is 18.5. The molecule has 0 bridgehead atoms. The van der Waals surface area contributed by atoms with E-state index in [0.717, 1.165) is 17.7 Å². The Labute approximate surface area is 204 Å². The molecule has 0 aliphatic heterocycles. The molecule has 0 heterocycles. The molecule has 0 aliphatic rings. The molecule has 0 amide bonds. The number of carboxylic acid groups (broad SMARTS) is 4. The standard InChI is InChI=1S/C28H18O8/c29-25(30)16-10-11-20(22(12-16)27(33)34)24-21(13-17(26(31)32)14-23(24)28(35)36)19-9-5-4-8-18(19)15-6-2-1-3-7-15/h1-14H,(H,29,30)(H,31,32)(H,33,34)(H,35,36). The molecule has 0 unspecified atom stereocenters. The fourth-order valence-electron chi connectivity index (χ4n) is 4.10. The first-order valence-corrected chi connectivity index (χ1v) is 10.6. The van der Waals surface area contributed by atoms with E-state index < -0.39 is 35.0 Å². The topological polar surface area (TPSA) is 149 Å². The summed E-state index contributed by atoms with van der Waals surface area (Å²) in [5.41, 5.74) is 0.547. The van der Waals surface area contributed by atoms with Crippen LogP contribution in [0.15, 0.2) is 84.9 Å². The highest BCUT2D eigenvalue weighted by molar-refractivity contribution is 6.10. The molecule has 0 saturated heterocycles. The first-order chi connectivity index (χ1) is 17.2. The van der Waals surface area contributed by atoms with E-state index in [1.54, 1.807) is 24.3 Å². The lowest BCUT2D eigenvalue weighted by atomic mass is 9.83. The molecule has 4 rings (SSSR count). The van der Waals surface area contributed by atoms with Gasteiger partial charge in [-0.05, 0) is 52.1 Å². The van der Waals surface area contributed by atoms with Gasteiger partial charge < -0.3 is 20.4 Å². The monoisotopic (exact) mass is 482 g/mol. The van der Waals surface area contributed by atoms with Crippen LogP contribution in [0.1, 0.15) is 41.4 Å². The minimum absolute atomic E-state index is 0.0368. The van der Waals surface area contributed by atoms with E-state index in [4.69, 9.17) is 0 Å². The van der Waals surface area contributed by atoms with Crippen LogP contribution in [-0.4, -0.2) is 44.3 Å². The molecule has 0 atom stereocenters. The normalized spacial score (nSPS) is 10.6. The first-order valence-electron chi connectivity index (χ1n) is 10.6. The highest BCUT2D eigenvalue weighted by Gasteiger charge is 2.26. The second-order valence-electron chi connectivity index (χ2n) is 7.84. The van der Waals surface area contributed by atoms with Gasteiger partial charge in [-0.15, -0.1) is 0 Å². The fraction of sp³-hybridized carbons (Fsp3) is 0. The summed E-state index contributed by atoms with van der Waals surface area (Å²) >= 11 is 0. The number of hydrogen-bond donors (Lipinski definition) is 4. The van der Waals surface area contributed by atoms with Crippen molar-refractivity contribution in [2.45, 2.75) is 0 Å². The summed E-state index contributed by atoms with van der Waals surface area (Å²) in [5, 5.41) is 38.9. The van der Waals surface area contributed by atoms with Crippen molar-refractivity contribution in [1.29, 1.82) is 0 Å². The third-order valence-electron chi connectivity index (χ3n) is 5.68. The lowest BCUT2D eigenvalue weighted by Crippen LogP contribution is -2.10. The third-order valence-corrected chi connectivity index (χ3v) is 5.68. The summed E-state index contributed by atoms with van der Waals surface area (Å²) < 4.78 is 0. The van der Waals surface area contributed by atoms with Crippen LogP contribution in [0.4, 0.5) is 0 Å². The summed E-state index contributed by atoms with van der Waals surface area (Å²) in [5.74, 6) is -5.64. The number of carbonyl (C=O) groups is 4. The zero-order valence-electron chi connectivity index (χ0n) is 18.5. The Bertz CT molecular complexity index is 1540. The first kappa shape index (κ1) is 23.9. The second kappa shape index (κ2) is 9.55. The molecule has 4 N–H and O–H groups in total. The summed E-state index contributed by atoms with van der Waals surface area (Å²) in [6.07, 6.45) is 0. The molecule has 0 fully saturated rings. The van der Waals surface area contributed by atoms with Gasteiger partial charge in [0.05, 0.1) is 22.3 Å². The smallest absolute Gasteiger partial charge is 0.336 e. The highest BCUT2D eigenvalue weighted by atomic mass is 16.4. The lowest BCUT2D eigenvalue weighted by Gasteiger charge is -2.19. The van der Waals surface area contributed by atoms with Crippen LogP contribution in [0.25, 0.3) is 33.4 Å². The van der Waals surface area contributed by atoms with Gasteiger partial charge in [-0.2, -0.15) is 0 Å². The number of hydrogen-bond acceptors (Lipinski definition) is 4. The van der Waals surface area contributed by atoms with Crippen molar-refractivity contribution < 1.29 is 39.6 Å². The number of aromatic carboxylic acids is 4. The van der Waals surface area contributed by atoms with Gasteiger partial charge in [-0.1, -0.05) is 60.7 Å². The van der Waals surface area contributed by atoms with Crippen LogP contribution in [0.5, 0.6) is 0 Å². The Hall–Kier alpha value is -5.24. The van der Waals surface area contributed by atoms with Gasteiger partial charge in [0, 0.05) is 5.56 Å². The average molecular weight is 482 g/mol. The minimum atomic E-state index is -1.47. The second-order valence-corrected chi connectivity index (χ2v) is 7.84. The van der Waals surface area contributed by atoms with Crippen molar-refractivity contribution in [2.24, 2.45) is 0 Å². The van der Waals surface area contributed by atoms with Crippen LogP contribution < -0.4 is 0 Å². The lowest BCUT2D eigenvalue weighted by molar-refractivity contribution is 0.0675. The van der Waals surface area contributed by atoms with E-state index in [0.29, 0.717) is 11.1 Å². The molecular weight excluding hydrogens is 464 g/mol. The maximum atomic E-state index is 12.3. The Balaban J connectivity index is 2.17. The summed E-state index contributed by atoms with van der Waals surface area (Å²) in [6, 6.07) is 21.7. The Morgan fingerprint density at radius 2 is 1.00 bits per heavy atom. The zero-order chi connectivity index (χ0) is 26.0. The molecule has 178 valence electrons. The molecule has 0 saturated carbocycles. The quantitative estimate of drug-likeness (QED) is 0.270. The maximum absolute atomic E-state index is 12.3.